The van der Waals surface area contributed by atoms with Gasteiger partial charge in [-0.25, -0.2) is 0 Å². The van der Waals surface area contributed by atoms with Gasteiger partial charge in [-0.15, -0.1) is 0 Å². The highest BCUT2D eigenvalue weighted by molar-refractivity contribution is 14.1. The van der Waals surface area contributed by atoms with Crippen molar-refractivity contribution < 1.29 is 0 Å². The first-order valence-electron chi connectivity index (χ1n) is 10.2. The molecule has 3 aromatic rings. The van der Waals surface area contributed by atoms with Crippen molar-refractivity contribution in [2.45, 2.75) is 32.4 Å². The van der Waals surface area contributed by atoms with Gasteiger partial charge in [0.1, 0.15) is 0 Å². The lowest BCUT2D eigenvalue weighted by atomic mass is 9.96. The molecule has 3 heterocycles. The smallest absolute Gasteiger partial charge is 0.170 e. The van der Waals surface area contributed by atoms with Crippen molar-refractivity contribution in [2.75, 3.05) is 18.4 Å². The van der Waals surface area contributed by atoms with Crippen LogP contribution in [0.5, 0.6) is 0 Å². The van der Waals surface area contributed by atoms with Crippen molar-refractivity contribution in [1.29, 1.82) is 0 Å². The van der Waals surface area contributed by atoms with Crippen molar-refractivity contribution in [3.05, 3.63) is 80.9 Å². The number of nitrogens with zero attached hydrogens (tertiary/aromatic N) is 2. The van der Waals surface area contributed by atoms with E-state index in [1.54, 1.807) is 0 Å². The van der Waals surface area contributed by atoms with Crippen molar-refractivity contribution in [3.63, 3.8) is 0 Å². The lowest BCUT2D eigenvalue weighted by Gasteiger charge is -2.28. The summed E-state index contributed by atoms with van der Waals surface area (Å²) >= 11 is 8.24. The number of aromatic nitrogens is 2. The molecule has 0 aliphatic carbocycles. The molecule has 0 bridgehead atoms. The molecule has 0 radical (unpaired) electrons. The molecule has 1 aliphatic rings. The molecule has 1 fully saturated rings. The molecule has 2 aromatic heterocycles. The summed E-state index contributed by atoms with van der Waals surface area (Å²) < 4.78 is 1.27. The standard InChI is InChI=1S/C23H26IN5S/c1-15-19(20(24)16(2)27-15)22-21(18-11-6-7-12-26-18)28-23(30)29(22)14-8-13-25-17-9-4-3-5-10-17/h3-7,9-12,21-22,25,27H,8,13-14H2,1-2H3,(H,28,30)/t21-,22-/m0/s1. The van der Waals surface area contributed by atoms with Gasteiger partial charge in [0.15, 0.2) is 5.11 Å². The van der Waals surface area contributed by atoms with Gasteiger partial charge in [0.2, 0.25) is 0 Å². The third-order valence-corrected chi connectivity index (χ3v) is 7.26. The summed E-state index contributed by atoms with van der Waals surface area (Å²) in [4.78, 5) is 10.5. The molecule has 156 valence electrons. The molecule has 3 N–H and O–H groups in total. The zero-order valence-corrected chi connectivity index (χ0v) is 20.1. The summed E-state index contributed by atoms with van der Waals surface area (Å²) in [6, 6.07) is 16.5. The van der Waals surface area contributed by atoms with Gasteiger partial charge in [-0.1, -0.05) is 24.3 Å². The van der Waals surface area contributed by atoms with E-state index < -0.39 is 0 Å². The van der Waals surface area contributed by atoms with Crippen LogP contribution in [0.3, 0.4) is 0 Å². The lowest BCUT2D eigenvalue weighted by molar-refractivity contribution is 0.314. The molecule has 1 aliphatic heterocycles. The maximum atomic E-state index is 5.78. The van der Waals surface area contributed by atoms with Crippen LogP contribution >= 0.6 is 34.8 Å². The van der Waals surface area contributed by atoms with E-state index in [0.29, 0.717) is 0 Å². The predicted molar refractivity (Wildman–Crippen MR) is 135 cm³/mol. The molecule has 1 aromatic carbocycles. The van der Waals surface area contributed by atoms with Crippen molar-refractivity contribution in [3.8, 4) is 0 Å². The highest BCUT2D eigenvalue weighted by Gasteiger charge is 2.41. The summed E-state index contributed by atoms with van der Waals surface area (Å²) in [6.45, 7) is 6.05. The summed E-state index contributed by atoms with van der Waals surface area (Å²) in [5.74, 6) is 0. The molecule has 0 saturated carbocycles. The van der Waals surface area contributed by atoms with Gasteiger partial charge < -0.3 is 20.5 Å². The van der Waals surface area contributed by atoms with E-state index in [2.05, 4.69) is 80.1 Å². The molecular weight excluding hydrogens is 505 g/mol. The van der Waals surface area contributed by atoms with E-state index in [4.69, 9.17) is 12.2 Å². The Labute approximate surface area is 196 Å². The highest BCUT2D eigenvalue weighted by atomic mass is 127. The monoisotopic (exact) mass is 531 g/mol. The van der Waals surface area contributed by atoms with E-state index >= 15 is 0 Å². The Morgan fingerprint density at radius 2 is 1.87 bits per heavy atom. The molecule has 30 heavy (non-hydrogen) atoms. The number of rotatable bonds is 7. The van der Waals surface area contributed by atoms with Gasteiger partial charge >= 0.3 is 0 Å². The number of H-pyrrole nitrogens is 1. The second-order valence-electron chi connectivity index (χ2n) is 7.57. The van der Waals surface area contributed by atoms with Crippen molar-refractivity contribution >= 4 is 45.6 Å². The fraction of sp³-hybridized carbons (Fsp3) is 0.304. The van der Waals surface area contributed by atoms with E-state index in [9.17, 15) is 0 Å². The number of para-hydroxylation sites is 1. The van der Waals surface area contributed by atoms with E-state index in [1.807, 2.05) is 36.5 Å². The Hall–Kier alpha value is -2.13. The van der Waals surface area contributed by atoms with Crippen LogP contribution in [0.2, 0.25) is 0 Å². The van der Waals surface area contributed by atoms with Crippen LogP contribution in [0.1, 0.15) is 41.1 Å². The Bertz CT molecular complexity index is 1010. The number of thiocarbonyl (C=S) groups is 1. The van der Waals surface area contributed by atoms with Crippen LogP contribution < -0.4 is 10.6 Å². The van der Waals surface area contributed by atoms with Gasteiger partial charge in [0.25, 0.3) is 0 Å². The van der Waals surface area contributed by atoms with Crippen LogP contribution in [0, 0.1) is 17.4 Å². The summed E-state index contributed by atoms with van der Waals surface area (Å²) in [5, 5.41) is 7.84. The molecule has 1 saturated heterocycles. The van der Waals surface area contributed by atoms with Gasteiger partial charge in [-0.2, -0.15) is 0 Å². The van der Waals surface area contributed by atoms with Crippen LogP contribution in [0.4, 0.5) is 5.69 Å². The molecular formula is C23H26IN5S. The molecule has 4 rings (SSSR count). The second kappa shape index (κ2) is 9.34. The minimum atomic E-state index is 0.0307. The van der Waals surface area contributed by atoms with Gasteiger partial charge in [0, 0.05) is 45.5 Å². The van der Waals surface area contributed by atoms with E-state index in [-0.39, 0.29) is 12.1 Å². The summed E-state index contributed by atoms with van der Waals surface area (Å²) in [5.41, 5.74) is 5.87. The Morgan fingerprint density at radius 1 is 1.10 bits per heavy atom. The molecule has 0 unspecified atom stereocenters. The average Bonchev–Trinajstić information content (AvgIpc) is 3.21. The number of hydrogen-bond acceptors (Lipinski definition) is 3. The Kier molecular flexibility index (Phi) is 6.58. The van der Waals surface area contributed by atoms with Gasteiger partial charge in [-0.3, -0.25) is 4.98 Å². The molecule has 7 heteroatoms. The minimum Gasteiger partial charge on any atom is -0.385 e. The number of pyridine rings is 1. The SMILES string of the molecule is Cc1[nH]c(C)c([C@H]2[C@H](c3ccccn3)NC(=S)N2CCCNc2ccccc2)c1I. The van der Waals surface area contributed by atoms with Gasteiger partial charge in [0.05, 0.1) is 17.8 Å². The fourth-order valence-corrected chi connectivity index (χ4v) is 5.31. The average molecular weight is 531 g/mol. The Balaban J connectivity index is 1.56. The van der Waals surface area contributed by atoms with Crippen LogP contribution in [-0.2, 0) is 0 Å². The molecule has 5 nitrogen and oxygen atoms in total. The highest BCUT2D eigenvalue weighted by Crippen LogP contribution is 2.42. The van der Waals surface area contributed by atoms with Crippen LogP contribution in [0.15, 0.2) is 54.7 Å². The molecule has 0 amide bonds. The van der Waals surface area contributed by atoms with Gasteiger partial charge in [-0.05, 0) is 79.3 Å². The summed E-state index contributed by atoms with van der Waals surface area (Å²) in [7, 11) is 0. The first kappa shape index (κ1) is 21.1. The first-order chi connectivity index (χ1) is 14.6. The van der Waals surface area contributed by atoms with Crippen molar-refractivity contribution in [1.82, 2.24) is 20.2 Å². The fourth-order valence-electron chi connectivity index (χ4n) is 4.12. The zero-order valence-electron chi connectivity index (χ0n) is 17.2. The minimum absolute atomic E-state index is 0.0307. The van der Waals surface area contributed by atoms with E-state index in [0.717, 1.165) is 36.0 Å². The number of anilines is 1. The number of halogens is 1. The number of benzene rings is 1. The largest absolute Gasteiger partial charge is 0.385 e. The molecule has 0 spiro atoms. The van der Waals surface area contributed by atoms with Crippen LogP contribution in [0.25, 0.3) is 0 Å². The predicted octanol–water partition coefficient (Wildman–Crippen LogP) is 5.11. The number of hydrogen-bond donors (Lipinski definition) is 3. The normalized spacial score (nSPS) is 18.5. The summed E-state index contributed by atoms with van der Waals surface area (Å²) in [6.07, 6.45) is 2.84. The lowest BCUT2D eigenvalue weighted by Crippen LogP contribution is -2.32. The number of aryl methyl sites for hydroxylation is 2. The maximum absolute atomic E-state index is 5.78. The third kappa shape index (κ3) is 4.32. The molecule has 2 atom stereocenters. The number of aromatic amines is 1. The quantitative estimate of drug-likeness (QED) is 0.225. The topological polar surface area (TPSA) is 56.0 Å². The number of nitrogens with one attached hydrogen (secondary N) is 3. The van der Waals surface area contributed by atoms with Crippen molar-refractivity contribution in [2.24, 2.45) is 0 Å². The zero-order chi connectivity index (χ0) is 21.1. The van der Waals surface area contributed by atoms with E-state index in [1.165, 1.54) is 20.5 Å². The third-order valence-electron chi connectivity index (χ3n) is 5.52. The first-order valence-corrected chi connectivity index (χ1v) is 11.7. The second-order valence-corrected chi connectivity index (χ2v) is 9.03. The van der Waals surface area contributed by atoms with Crippen LogP contribution in [-0.4, -0.2) is 33.1 Å². The Morgan fingerprint density at radius 3 is 2.53 bits per heavy atom. The maximum Gasteiger partial charge on any atom is 0.170 e.